The van der Waals surface area contributed by atoms with E-state index < -0.39 is 0 Å². The average Bonchev–Trinajstić information content (AvgIpc) is 2.76. The summed E-state index contributed by atoms with van der Waals surface area (Å²) in [5.41, 5.74) is 4.04. The van der Waals surface area contributed by atoms with Gasteiger partial charge in [-0.2, -0.15) is 0 Å². The second-order valence-corrected chi connectivity index (χ2v) is 6.34. The van der Waals surface area contributed by atoms with Crippen molar-refractivity contribution in [2.24, 2.45) is 10.9 Å². The van der Waals surface area contributed by atoms with Gasteiger partial charge in [0.2, 0.25) is 0 Å². The summed E-state index contributed by atoms with van der Waals surface area (Å²) in [7, 11) is 0. The summed E-state index contributed by atoms with van der Waals surface area (Å²) < 4.78 is 0. The standard InChI is InChI=1S/C10H15N.C10H20O.C2H6/c1-4-10-5-6-11-9(3)8(2)7-10;1-4-6-7-9(3)8-10(11)5-2;1-2/h5-6H,4,7H2,1-3H3;9H,4-8H2,1-3H3;1-2H3. The summed E-state index contributed by atoms with van der Waals surface area (Å²) in [6.07, 6.45) is 11.5. The average molecular weight is 336 g/mol. The molecule has 0 aliphatic carbocycles. The smallest absolute Gasteiger partial charge is 0.132 e. The van der Waals surface area contributed by atoms with Crippen molar-refractivity contribution in [1.82, 2.24) is 0 Å². The largest absolute Gasteiger partial charge is 0.300 e. The molecule has 0 aromatic heterocycles. The number of aliphatic imine (C=N–C) groups is 1. The summed E-state index contributed by atoms with van der Waals surface area (Å²) in [5.74, 6) is 1.01. The van der Waals surface area contributed by atoms with Crippen LogP contribution in [0.4, 0.5) is 0 Å². The molecule has 0 bridgehead atoms. The Morgan fingerprint density at radius 3 is 2.33 bits per heavy atom. The predicted octanol–water partition coefficient (Wildman–Crippen LogP) is 7.30. The molecule has 0 fully saturated rings. The zero-order valence-electron chi connectivity index (χ0n) is 17.5. The molecule has 0 N–H and O–H groups in total. The van der Waals surface area contributed by atoms with Gasteiger partial charge in [0.1, 0.15) is 5.78 Å². The first-order valence-corrected chi connectivity index (χ1v) is 9.84. The van der Waals surface area contributed by atoms with Crippen LogP contribution in [-0.2, 0) is 4.79 Å². The Labute approximate surface area is 151 Å². The van der Waals surface area contributed by atoms with Gasteiger partial charge < -0.3 is 0 Å². The second-order valence-electron chi connectivity index (χ2n) is 6.34. The van der Waals surface area contributed by atoms with Crippen molar-refractivity contribution in [3.63, 3.8) is 0 Å². The van der Waals surface area contributed by atoms with Crippen LogP contribution in [0.5, 0.6) is 0 Å². The molecule has 1 aliphatic heterocycles. The van der Waals surface area contributed by atoms with Gasteiger partial charge >= 0.3 is 0 Å². The van der Waals surface area contributed by atoms with Crippen LogP contribution in [0.15, 0.2) is 27.9 Å². The minimum Gasteiger partial charge on any atom is -0.300 e. The van der Waals surface area contributed by atoms with E-state index in [4.69, 9.17) is 0 Å². The molecule has 0 saturated heterocycles. The summed E-state index contributed by atoms with van der Waals surface area (Å²) in [5, 5.41) is 0. The summed E-state index contributed by atoms with van der Waals surface area (Å²) in [6, 6.07) is 0. The van der Waals surface area contributed by atoms with Gasteiger partial charge in [0.25, 0.3) is 0 Å². The summed E-state index contributed by atoms with van der Waals surface area (Å²) in [6.45, 7) is 16.7. The maximum Gasteiger partial charge on any atom is 0.132 e. The Kier molecular flexibility index (Phi) is 17.4. The Balaban J connectivity index is 0. The highest BCUT2D eigenvalue weighted by Crippen LogP contribution is 2.19. The number of allylic oxidation sites excluding steroid dienone is 4. The normalized spacial score (nSPS) is 14.6. The molecule has 0 radical (unpaired) electrons. The third kappa shape index (κ3) is 13.3. The van der Waals surface area contributed by atoms with E-state index in [2.05, 4.69) is 45.7 Å². The molecule has 24 heavy (non-hydrogen) atoms. The van der Waals surface area contributed by atoms with Crippen LogP contribution in [0.3, 0.4) is 0 Å². The molecule has 2 nitrogen and oxygen atoms in total. The lowest BCUT2D eigenvalue weighted by atomic mass is 9.98. The SMILES string of the molecule is CC.CCC1=CC=NC(C)=C(C)C1.CCCCC(C)CC(=O)CC. The number of hydrogen-bond donors (Lipinski definition) is 0. The van der Waals surface area contributed by atoms with E-state index in [-0.39, 0.29) is 0 Å². The number of Topliss-reactive ketones (excluding diaryl/α,β-unsaturated/α-hetero) is 1. The number of carbonyl (C=O) groups is 1. The van der Waals surface area contributed by atoms with E-state index in [0.717, 1.165) is 19.3 Å². The molecule has 0 aromatic carbocycles. The monoisotopic (exact) mass is 335 g/mol. The van der Waals surface area contributed by atoms with Crippen LogP contribution in [-0.4, -0.2) is 12.0 Å². The molecule has 0 amide bonds. The van der Waals surface area contributed by atoms with Crippen LogP contribution in [0.25, 0.3) is 0 Å². The molecule has 140 valence electrons. The van der Waals surface area contributed by atoms with Crippen molar-refractivity contribution < 1.29 is 4.79 Å². The van der Waals surface area contributed by atoms with Crippen molar-refractivity contribution >= 4 is 12.0 Å². The highest BCUT2D eigenvalue weighted by Gasteiger charge is 2.05. The quantitative estimate of drug-likeness (QED) is 0.480. The van der Waals surface area contributed by atoms with Crippen molar-refractivity contribution in [1.29, 1.82) is 0 Å². The van der Waals surface area contributed by atoms with Gasteiger partial charge in [0.15, 0.2) is 0 Å². The molecule has 1 rings (SSSR count). The van der Waals surface area contributed by atoms with E-state index in [0.29, 0.717) is 18.1 Å². The van der Waals surface area contributed by atoms with Gasteiger partial charge in [-0.1, -0.05) is 66.4 Å². The van der Waals surface area contributed by atoms with E-state index in [1.165, 1.54) is 36.1 Å². The molecule has 1 heterocycles. The van der Waals surface area contributed by atoms with Crippen molar-refractivity contribution in [3.05, 3.63) is 22.9 Å². The summed E-state index contributed by atoms with van der Waals surface area (Å²) in [4.78, 5) is 15.3. The van der Waals surface area contributed by atoms with Gasteiger partial charge in [-0.05, 0) is 44.3 Å². The number of hydrogen-bond acceptors (Lipinski definition) is 2. The summed E-state index contributed by atoms with van der Waals surface area (Å²) >= 11 is 0. The van der Waals surface area contributed by atoms with Gasteiger partial charge in [0.05, 0.1) is 0 Å². The Hall–Kier alpha value is -1.18. The molecule has 1 unspecified atom stereocenters. The first-order chi connectivity index (χ1) is 11.4. The molecule has 1 aliphatic rings. The number of rotatable bonds is 7. The van der Waals surface area contributed by atoms with Crippen molar-refractivity contribution in [2.45, 2.75) is 100 Å². The van der Waals surface area contributed by atoms with Crippen molar-refractivity contribution in [3.8, 4) is 0 Å². The highest BCUT2D eigenvalue weighted by atomic mass is 16.1. The number of unbranched alkanes of at least 4 members (excludes halogenated alkanes) is 1. The fourth-order valence-corrected chi connectivity index (χ4v) is 2.32. The molecular formula is C22H41NO. The third-order valence-corrected chi connectivity index (χ3v) is 4.16. The van der Waals surface area contributed by atoms with Crippen LogP contribution < -0.4 is 0 Å². The van der Waals surface area contributed by atoms with E-state index in [9.17, 15) is 4.79 Å². The van der Waals surface area contributed by atoms with Gasteiger partial charge in [0, 0.05) is 24.8 Å². The van der Waals surface area contributed by atoms with E-state index >= 15 is 0 Å². The minimum absolute atomic E-state index is 0.411. The zero-order valence-corrected chi connectivity index (χ0v) is 17.5. The lowest BCUT2D eigenvalue weighted by molar-refractivity contribution is -0.119. The lowest BCUT2D eigenvalue weighted by Crippen LogP contribution is -2.03. The number of carbonyl (C=O) groups excluding carboxylic acids is 1. The molecule has 1 atom stereocenters. The maximum atomic E-state index is 11.0. The van der Waals surface area contributed by atoms with Crippen molar-refractivity contribution in [2.75, 3.05) is 0 Å². The first kappa shape index (κ1) is 25.1. The van der Waals surface area contributed by atoms with E-state index in [1.807, 2.05) is 27.0 Å². The van der Waals surface area contributed by atoms with Gasteiger partial charge in [-0.3, -0.25) is 9.79 Å². The molecular weight excluding hydrogens is 294 g/mol. The third-order valence-electron chi connectivity index (χ3n) is 4.16. The van der Waals surface area contributed by atoms with Gasteiger partial charge in [-0.25, -0.2) is 0 Å². The molecule has 2 heteroatoms. The Morgan fingerprint density at radius 1 is 1.21 bits per heavy atom. The number of nitrogens with zero attached hydrogens (tertiary/aromatic N) is 1. The van der Waals surface area contributed by atoms with Crippen LogP contribution >= 0.6 is 0 Å². The first-order valence-electron chi connectivity index (χ1n) is 9.84. The maximum absolute atomic E-state index is 11.0. The van der Waals surface area contributed by atoms with Crippen LogP contribution in [0, 0.1) is 5.92 Å². The topological polar surface area (TPSA) is 29.4 Å². The fraction of sp³-hybridized carbons (Fsp3) is 0.727. The zero-order chi connectivity index (χ0) is 19.0. The minimum atomic E-state index is 0.411. The van der Waals surface area contributed by atoms with E-state index in [1.54, 1.807) is 0 Å². The molecule has 0 aromatic rings. The Bertz CT molecular complexity index is 416. The highest BCUT2D eigenvalue weighted by molar-refractivity contribution is 5.78. The Morgan fingerprint density at radius 2 is 1.83 bits per heavy atom. The number of ketones is 1. The molecule has 0 saturated carbocycles. The van der Waals surface area contributed by atoms with Gasteiger partial charge in [-0.15, -0.1) is 0 Å². The second kappa shape index (κ2) is 16.7. The van der Waals surface area contributed by atoms with Crippen LogP contribution in [0.2, 0.25) is 0 Å². The van der Waals surface area contributed by atoms with Crippen LogP contribution in [0.1, 0.15) is 100 Å². The fourth-order valence-electron chi connectivity index (χ4n) is 2.32. The lowest BCUT2D eigenvalue weighted by Gasteiger charge is -2.07. The predicted molar refractivity (Wildman–Crippen MR) is 110 cm³/mol. The molecule has 0 spiro atoms.